The van der Waals surface area contributed by atoms with E-state index in [1.54, 1.807) is 18.2 Å². The number of hydrogen-bond acceptors (Lipinski definition) is 4. The average Bonchev–Trinajstić information content (AvgIpc) is 2.26. The molecular formula is C13H13FO4. The van der Waals surface area contributed by atoms with Gasteiger partial charge < -0.3 is 9.47 Å². The van der Waals surface area contributed by atoms with Crippen molar-refractivity contribution < 1.29 is 23.5 Å². The lowest BCUT2D eigenvalue weighted by Crippen LogP contribution is -2.19. The first-order valence-electron chi connectivity index (χ1n) is 5.26. The van der Waals surface area contributed by atoms with Gasteiger partial charge in [-0.3, -0.25) is 9.59 Å². The zero-order valence-corrected chi connectivity index (χ0v) is 10.1. The van der Waals surface area contributed by atoms with Crippen LogP contribution < -0.4 is 0 Å². The lowest BCUT2D eigenvalue weighted by molar-refractivity contribution is -0.176. The third-order valence-electron chi connectivity index (χ3n) is 1.90. The standard InChI is InChI=1S/C13H13FO4/c1-9(15)17-13(18-10(2)16)8-7-11-5-3-4-6-12(11)14/h3-8,13H,1-2H3/b8-7+. The van der Waals surface area contributed by atoms with E-state index < -0.39 is 24.0 Å². The molecule has 0 aliphatic rings. The van der Waals surface area contributed by atoms with Gasteiger partial charge in [-0.25, -0.2) is 4.39 Å². The minimum atomic E-state index is -1.15. The van der Waals surface area contributed by atoms with E-state index in [-0.39, 0.29) is 0 Å². The molecular weight excluding hydrogens is 239 g/mol. The maximum absolute atomic E-state index is 13.3. The molecule has 0 unspecified atom stereocenters. The fourth-order valence-electron chi connectivity index (χ4n) is 1.22. The van der Waals surface area contributed by atoms with Gasteiger partial charge in [-0.2, -0.15) is 0 Å². The highest BCUT2D eigenvalue weighted by atomic mass is 19.1. The molecule has 0 fully saturated rings. The molecule has 0 aliphatic heterocycles. The Hall–Kier alpha value is -2.17. The topological polar surface area (TPSA) is 52.6 Å². The highest BCUT2D eigenvalue weighted by molar-refractivity contribution is 5.68. The van der Waals surface area contributed by atoms with E-state index in [0.29, 0.717) is 5.56 Å². The molecule has 0 saturated heterocycles. The molecule has 18 heavy (non-hydrogen) atoms. The van der Waals surface area contributed by atoms with Crippen LogP contribution in [0.3, 0.4) is 0 Å². The summed E-state index contributed by atoms with van der Waals surface area (Å²) >= 11 is 0. The molecule has 0 amide bonds. The molecule has 0 atom stereocenters. The van der Waals surface area contributed by atoms with Crippen molar-refractivity contribution in [1.82, 2.24) is 0 Å². The number of benzene rings is 1. The zero-order valence-electron chi connectivity index (χ0n) is 10.1. The molecule has 0 bridgehead atoms. The summed E-state index contributed by atoms with van der Waals surface area (Å²) in [5, 5.41) is 0. The minimum Gasteiger partial charge on any atom is -0.421 e. The van der Waals surface area contributed by atoms with E-state index in [1.165, 1.54) is 32.1 Å². The zero-order chi connectivity index (χ0) is 13.5. The number of halogens is 1. The van der Waals surface area contributed by atoms with Gasteiger partial charge in [0.05, 0.1) is 0 Å². The van der Waals surface area contributed by atoms with Gasteiger partial charge in [0.25, 0.3) is 6.29 Å². The van der Waals surface area contributed by atoms with E-state index >= 15 is 0 Å². The van der Waals surface area contributed by atoms with Gasteiger partial charge in [-0.05, 0) is 18.2 Å². The van der Waals surface area contributed by atoms with Gasteiger partial charge in [-0.1, -0.05) is 18.2 Å². The SMILES string of the molecule is CC(=O)OC(/C=C/c1ccccc1F)OC(C)=O. The van der Waals surface area contributed by atoms with E-state index in [9.17, 15) is 14.0 Å². The lowest BCUT2D eigenvalue weighted by atomic mass is 10.2. The van der Waals surface area contributed by atoms with Crippen molar-refractivity contribution in [2.24, 2.45) is 0 Å². The molecule has 0 aromatic heterocycles. The maximum atomic E-state index is 13.3. The number of rotatable bonds is 4. The molecule has 4 nitrogen and oxygen atoms in total. The second-order valence-electron chi connectivity index (χ2n) is 3.47. The summed E-state index contributed by atoms with van der Waals surface area (Å²) in [5.74, 6) is -1.61. The van der Waals surface area contributed by atoms with Crippen LogP contribution in [-0.4, -0.2) is 18.2 Å². The molecule has 96 valence electrons. The van der Waals surface area contributed by atoms with Crippen LogP contribution in [-0.2, 0) is 19.1 Å². The molecule has 0 N–H and O–H groups in total. The van der Waals surface area contributed by atoms with Crippen molar-refractivity contribution in [1.29, 1.82) is 0 Å². The van der Waals surface area contributed by atoms with Gasteiger partial charge in [0.1, 0.15) is 5.82 Å². The first kappa shape index (κ1) is 13.9. The third-order valence-corrected chi connectivity index (χ3v) is 1.90. The molecule has 0 radical (unpaired) electrons. The predicted octanol–water partition coefficient (Wildman–Crippen LogP) is 2.29. The predicted molar refractivity (Wildman–Crippen MR) is 62.8 cm³/mol. The molecule has 0 saturated carbocycles. The second kappa shape index (κ2) is 6.54. The number of esters is 2. The minimum absolute atomic E-state index is 0.307. The van der Waals surface area contributed by atoms with E-state index in [1.807, 2.05) is 0 Å². The molecule has 0 heterocycles. The number of hydrogen-bond donors (Lipinski definition) is 0. The van der Waals surface area contributed by atoms with Gasteiger partial charge in [0.2, 0.25) is 0 Å². The highest BCUT2D eigenvalue weighted by Gasteiger charge is 2.11. The Bertz CT molecular complexity index is 452. The van der Waals surface area contributed by atoms with Crippen LogP contribution in [0, 0.1) is 5.82 Å². The van der Waals surface area contributed by atoms with E-state index in [2.05, 4.69) is 0 Å². The Balaban J connectivity index is 2.79. The first-order chi connectivity index (χ1) is 8.49. The Morgan fingerprint density at radius 2 is 1.72 bits per heavy atom. The Kier molecular flexibility index (Phi) is 5.05. The summed E-state index contributed by atoms with van der Waals surface area (Å²) in [6, 6.07) is 6.06. The van der Waals surface area contributed by atoms with Gasteiger partial charge in [0, 0.05) is 19.4 Å². The smallest absolute Gasteiger partial charge is 0.305 e. The summed E-state index contributed by atoms with van der Waals surface area (Å²) < 4.78 is 22.8. The monoisotopic (exact) mass is 252 g/mol. The van der Waals surface area contributed by atoms with E-state index in [0.717, 1.165) is 0 Å². The van der Waals surface area contributed by atoms with Crippen LogP contribution in [0.1, 0.15) is 19.4 Å². The van der Waals surface area contributed by atoms with Gasteiger partial charge >= 0.3 is 11.9 Å². The van der Waals surface area contributed by atoms with Crippen molar-refractivity contribution in [2.75, 3.05) is 0 Å². The molecule has 0 aliphatic carbocycles. The average molecular weight is 252 g/mol. The number of carbonyl (C=O) groups is 2. The molecule has 1 aromatic carbocycles. The van der Waals surface area contributed by atoms with Crippen LogP contribution in [0.15, 0.2) is 30.3 Å². The highest BCUT2D eigenvalue weighted by Crippen LogP contribution is 2.10. The normalized spacial score (nSPS) is 10.7. The number of ether oxygens (including phenoxy) is 2. The second-order valence-corrected chi connectivity index (χ2v) is 3.47. The Labute approximate surface area is 104 Å². The Morgan fingerprint density at radius 3 is 2.22 bits per heavy atom. The Morgan fingerprint density at radius 1 is 1.17 bits per heavy atom. The van der Waals surface area contributed by atoms with Crippen molar-refractivity contribution in [3.8, 4) is 0 Å². The van der Waals surface area contributed by atoms with Gasteiger partial charge in [-0.15, -0.1) is 0 Å². The summed E-state index contributed by atoms with van der Waals surface area (Å²) in [6.07, 6.45) is 1.52. The van der Waals surface area contributed by atoms with Crippen molar-refractivity contribution in [3.05, 3.63) is 41.7 Å². The van der Waals surface area contributed by atoms with Crippen molar-refractivity contribution in [2.45, 2.75) is 20.1 Å². The van der Waals surface area contributed by atoms with Crippen LogP contribution in [0.25, 0.3) is 6.08 Å². The fourth-order valence-corrected chi connectivity index (χ4v) is 1.22. The van der Waals surface area contributed by atoms with Crippen LogP contribution in [0.2, 0.25) is 0 Å². The van der Waals surface area contributed by atoms with Crippen molar-refractivity contribution in [3.63, 3.8) is 0 Å². The number of carbonyl (C=O) groups excluding carboxylic acids is 2. The first-order valence-corrected chi connectivity index (χ1v) is 5.26. The largest absolute Gasteiger partial charge is 0.421 e. The van der Waals surface area contributed by atoms with Crippen molar-refractivity contribution >= 4 is 18.0 Å². The summed E-state index contributed by atoms with van der Waals surface area (Å²) in [5.41, 5.74) is 0.307. The summed E-state index contributed by atoms with van der Waals surface area (Å²) in [6.45, 7) is 2.38. The molecule has 1 rings (SSSR count). The molecule has 1 aromatic rings. The summed E-state index contributed by atoms with van der Waals surface area (Å²) in [4.78, 5) is 21.6. The van der Waals surface area contributed by atoms with Gasteiger partial charge in [0.15, 0.2) is 0 Å². The van der Waals surface area contributed by atoms with E-state index in [4.69, 9.17) is 9.47 Å². The quantitative estimate of drug-likeness (QED) is 0.609. The van der Waals surface area contributed by atoms with Crippen LogP contribution in [0.4, 0.5) is 4.39 Å². The molecule has 0 spiro atoms. The van der Waals surface area contributed by atoms with Crippen LogP contribution in [0.5, 0.6) is 0 Å². The van der Waals surface area contributed by atoms with Crippen LogP contribution >= 0.6 is 0 Å². The maximum Gasteiger partial charge on any atom is 0.305 e. The molecule has 5 heteroatoms. The fraction of sp³-hybridized carbons (Fsp3) is 0.231. The summed E-state index contributed by atoms with van der Waals surface area (Å²) in [7, 11) is 0. The third kappa shape index (κ3) is 4.78. The lowest BCUT2D eigenvalue weighted by Gasteiger charge is -2.12.